The second kappa shape index (κ2) is 6.69. The molecule has 5 heteroatoms. The van der Waals surface area contributed by atoms with E-state index in [0.29, 0.717) is 5.75 Å². The van der Waals surface area contributed by atoms with Gasteiger partial charge in [0.1, 0.15) is 0 Å². The fourth-order valence-corrected chi connectivity index (χ4v) is 2.15. The second-order valence-electron chi connectivity index (χ2n) is 4.21. The van der Waals surface area contributed by atoms with Crippen LogP contribution in [0.4, 0.5) is 0 Å². The van der Waals surface area contributed by atoms with E-state index in [1.165, 1.54) is 0 Å². The van der Waals surface area contributed by atoms with Crippen molar-refractivity contribution in [2.45, 2.75) is 40.3 Å². The summed E-state index contributed by atoms with van der Waals surface area (Å²) >= 11 is 1.64. The summed E-state index contributed by atoms with van der Waals surface area (Å²) in [5.74, 6) is 1.61. The number of aromatic nitrogens is 2. The van der Waals surface area contributed by atoms with Gasteiger partial charge in [-0.05, 0) is 32.6 Å². The molecule has 1 aromatic rings. The van der Waals surface area contributed by atoms with Gasteiger partial charge in [-0.1, -0.05) is 6.92 Å². The number of rotatable bonds is 6. The van der Waals surface area contributed by atoms with Crippen LogP contribution in [0.5, 0.6) is 0 Å². The lowest BCUT2D eigenvalue weighted by Crippen LogP contribution is -2.37. The first-order chi connectivity index (χ1) is 8.02. The molecule has 0 saturated carbocycles. The van der Waals surface area contributed by atoms with Gasteiger partial charge in [0.25, 0.3) is 0 Å². The minimum atomic E-state index is 0.103. The van der Waals surface area contributed by atoms with Crippen LogP contribution in [0.3, 0.4) is 0 Å². The van der Waals surface area contributed by atoms with Crippen LogP contribution in [-0.2, 0) is 11.3 Å². The standard InChI is InChI=1S/C12H21N3OS/c1-5-17-8-12(16)13-10(3)7-15-11(4)6-9(2)14-15/h6,10H,5,7-8H2,1-4H3,(H,13,16)/t10-/m1/s1. The van der Waals surface area contributed by atoms with Gasteiger partial charge in [0, 0.05) is 11.7 Å². The number of carbonyl (C=O) groups is 1. The fraction of sp³-hybridized carbons (Fsp3) is 0.667. The molecule has 1 atom stereocenters. The Morgan fingerprint density at radius 3 is 2.82 bits per heavy atom. The molecule has 0 aromatic carbocycles. The summed E-state index contributed by atoms with van der Waals surface area (Å²) in [6, 6.07) is 2.15. The summed E-state index contributed by atoms with van der Waals surface area (Å²) in [4.78, 5) is 11.5. The molecule has 1 rings (SSSR count). The number of carbonyl (C=O) groups excluding carboxylic acids is 1. The summed E-state index contributed by atoms with van der Waals surface area (Å²) < 4.78 is 1.94. The Kier molecular flexibility index (Phi) is 5.55. The monoisotopic (exact) mass is 255 g/mol. The predicted molar refractivity (Wildman–Crippen MR) is 72.3 cm³/mol. The highest BCUT2D eigenvalue weighted by Gasteiger charge is 2.09. The van der Waals surface area contributed by atoms with Crippen molar-refractivity contribution >= 4 is 17.7 Å². The van der Waals surface area contributed by atoms with E-state index in [-0.39, 0.29) is 11.9 Å². The first kappa shape index (κ1) is 14.1. The number of thioether (sulfide) groups is 1. The average Bonchev–Trinajstić information content (AvgIpc) is 2.54. The number of aryl methyl sites for hydroxylation is 2. The van der Waals surface area contributed by atoms with Crippen molar-refractivity contribution in [2.75, 3.05) is 11.5 Å². The van der Waals surface area contributed by atoms with Gasteiger partial charge in [-0.25, -0.2) is 0 Å². The highest BCUT2D eigenvalue weighted by molar-refractivity contribution is 7.99. The second-order valence-corrected chi connectivity index (χ2v) is 5.49. The van der Waals surface area contributed by atoms with Crippen LogP contribution in [0.15, 0.2) is 6.07 Å². The molecule has 96 valence electrons. The molecule has 1 heterocycles. The molecule has 1 aromatic heterocycles. The summed E-state index contributed by atoms with van der Waals surface area (Å²) in [7, 11) is 0. The first-order valence-corrected chi connectivity index (χ1v) is 7.06. The average molecular weight is 255 g/mol. The lowest BCUT2D eigenvalue weighted by molar-refractivity contribution is -0.119. The largest absolute Gasteiger partial charge is 0.351 e. The number of nitrogens with one attached hydrogen (secondary N) is 1. The molecule has 0 bridgehead atoms. The normalized spacial score (nSPS) is 12.5. The highest BCUT2D eigenvalue weighted by Crippen LogP contribution is 2.03. The van der Waals surface area contributed by atoms with E-state index >= 15 is 0 Å². The molecule has 0 aliphatic rings. The van der Waals surface area contributed by atoms with E-state index in [0.717, 1.165) is 23.7 Å². The zero-order valence-electron chi connectivity index (χ0n) is 11.0. The van der Waals surface area contributed by atoms with E-state index in [1.807, 2.05) is 31.5 Å². The van der Waals surface area contributed by atoms with Crippen LogP contribution in [0.1, 0.15) is 25.2 Å². The molecule has 0 spiro atoms. The van der Waals surface area contributed by atoms with Gasteiger partial charge >= 0.3 is 0 Å². The fourth-order valence-electron chi connectivity index (χ4n) is 1.68. The van der Waals surface area contributed by atoms with Gasteiger partial charge in [0.15, 0.2) is 0 Å². The number of amides is 1. The lowest BCUT2D eigenvalue weighted by atomic mass is 10.3. The third kappa shape index (κ3) is 4.81. The quantitative estimate of drug-likeness (QED) is 0.842. The minimum Gasteiger partial charge on any atom is -0.351 e. The van der Waals surface area contributed by atoms with Crippen LogP contribution < -0.4 is 5.32 Å². The molecule has 1 amide bonds. The van der Waals surface area contributed by atoms with Crippen molar-refractivity contribution in [1.29, 1.82) is 0 Å². The van der Waals surface area contributed by atoms with Gasteiger partial charge in [-0.15, -0.1) is 0 Å². The van der Waals surface area contributed by atoms with E-state index in [9.17, 15) is 4.79 Å². The van der Waals surface area contributed by atoms with Crippen molar-refractivity contribution in [3.05, 3.63) is 17.5 Å². The van der Waals surface area contributed by atoms with Crippen molar-refractivity contribution in [2.24, 2.45) is 0 Å². The SMILES string of the molecule is CCSCC(=O)N[C@H](C)Cn1nc(C)cc1C. The van der Waals surface area contributed by atoms with Crippen molar-refractivity contribution in [3.63, 3.8) is 0 Å². The molecule has 0 fully saturated rings. The number of hydrogen-bond donors (Lipinski definition) is 1. The summed E-state index contributed by atoms with van der Waals surface area (Å²) in [5, 5.41) is 7.36. The predicted octanol–water partition coefficient (Wildman–Crippen LogP) is 1.76. The van der Waals surface area contributed by atoms with Crippen LogP contribution in [0.25, 0.3) is 0 Å². The smallest absolute Gasteiger partial charge is 0.230 e. The Morgan fingerprint density at radius 1 is 1.59 bits per heavy atom. The lowest BCUT2D eigenvalue weighted by Gasteiger charge is -2.14. The minimum absolute atomic E-state index is 0.103. The molecule has 0 aliphatic carbocycles. The van der Waals surface area contributed by atoms with Gasteiger partial charge in [0.2, 0.25) is 5.91 Å². The molecule has 4 nitrogen and oxygen atoms in total. The van der Waals surface area contributed by atoms with Crippen molar-refractivity contribution in [1.82, 2.24) is 15.1 Å². The molecular formula is C12H21N3OS. The van der Waals surface area contributed by atoms with E-state index < -0.39 is 0 Å². The highest BCUT2D eigenvalue weighted by atomic mass is 32.2. The molecule has 0 unspecified atom stereocenters. The van der Waals surface area contributed by atoms with E-state index in [2.05, 4.69) is 17.3 Å². The molecular weight excluding hydrogens is 234 g/mol. The van der Waals surface area contributed by atoms with E-state index in [4.69, 9.17) is 0 Å². The number of hydrogen-bond acceptors (Lipinski definition) is 3. The molecule has 0 radical (unpaired) electrons. The van der Waals surface area contributed by atoms with Crippen LogP contribution >= 0.6 is 11.8 Å². The molecule has 17 heavy (non-hydrogen) atoms. The third-order valence-electron chi connectivity index (χ3n) is 2.39. The van der Waals surface area contributed by atoms with Gasteiger partial charge in [0.05, 0.1) is 18.0 Å². The Morgan fingerprint density at radius 2 is 2.29 bits per heavy atom. The van der Waals surface area contributed by atoms with Gasteiger partial charge in [-0.3, -0.25) is 9.48 Å². The zero-order chi connectivity index (χ0) is 12.8. The van der Waals surface area contributed by atoms with Crippen molar-refractivity contribution < 1.29 is 4.79 Å². The van der Waals surface area contributed by atoms with Crippen LogP contribution in [0, 0.1) is 13.8 Å². The molecule has 0 saturated heterocycles. The van der Waals surface area contributed by atoms with Crippen molar-refractivity contribution in [3.8, 4) is 0 Å². The van der Waals surface area contributed by atoms with Crippen LogP contribution in [-0.4, -0.2) is 33.2 Å². The summed E-state index contributed by atoms with van der Waals surface area (Å²) in [6.45, 7) is 8.79. The first-order valence-electron chi connectivity index (χ1n) is 5.91. The maximum Gasteiger partial charge on any atom is 0.230 e. The summed E-state index contributed by atoms with van der Waals surface area (Å²) in [6.07, 6.45) is 0. The van der Waals surface area contributed by atoms with Gasteiger partial charge < -0.3 is 5.32 Å². The third-order valence-corrected chi connectivity index (χ3v) is 3.27. The Hall–Kier alpha value is -0.970. The van der Waals surface area contributed by atoms with E-state index in [1.54, 1.807) is 11.8 Å². The summed E-state index contributed by atoms with van der Waals surface area (Å²) in [5.41, 5.74) is 2.15. The maximum absolute atomic E-state index is 11.5. The Balaban J connectivity index is 2.41. The van der Waals surface area contributed by atoms with Crippen LogP contribution in [0.2, 0.25) is 0 Å². The maximum atomic E-state index is 11.5. The Bertz CT molecular complexity index is 376. The molecule has 1 N–H and O–H groups in total. The topological polar surface area (TPSA) is 46.9 Å². The zero-order valence-corrected chi connectivity index (χ0v) is 11.8. The number of nitrogens with zero attached hydrogens (tertiary/aromatic N) is 2. The Labute approximate surface area is 107 Å². The molecule has 0 aliphatic heterocycles. The van der Waals surface area contributed by atoms with Gasteiger partial charge in [-0.2, -0.15) is 16.9 Å².